The fraction of sp³-hybridized carbons (Fsp3) is 0.200. The molecule has 0 radical (unpaired) electrons. The molecule has 0 saturated carbocycles. The summed E-state index contributed by atoms with van der Waals surface area (Å²) < 4.78 is 11.4. The zero-order valence-electron chi connectivity index (χ0n) is 11.2. The summed E-state index contributed by atoms with van der Waals surface area (Å²) in [6.07, 6.45) is 0. The van der Waals surface area contributed by atoms with Gasteiger partial charge in [0.1, 0.15) is 12.4 Å². The van der Waals surface area contributed by atoms with E-state index in [-0.39, 0.29) is 0 Å². The van der Waals surface area contributed by atoms with Gasteiger partial charge < -0.3 is 14.1 Å². The topological polar surface area (TPSA) is 51.4 Å². The largest absolute Gasteiger partial charge is 0.490 e. The van der Waals surface area contributed by atoms with Gasteiger partial charge in [-0.15, -0.1) is 21.5 Å². The minimum Gasteiger partial charge on any atom is -0.490 e. The number of fused-ring (bicyclic) bond motifs is 1. The SMILES string of the molecule is c1csc(-c2nnc(CN3CCOc4ccccc43)o2)c1. The molecule has 6 heteroatoms. The van der Waals surface area contributed by atoms with Crippen molar-refractivity contribution in [3.8, 4) is 16.5 Å². The summed E-state index contributed by atoms with van der Waals surface area (Å²) in [7, 11) is 0. The highest BCUT2D eigenvalue weighted by molar-refractivity contribution is 7.13. The molecule has 0 spiro atoms. The van der Waals surface area contributed by atoms with Crippen LogP contribution in [0.2, 0.25) is 0 Å². The standard InChI is InChI=1S/C15H13N3O2S/c1-2-5-12-11(4-1)18(7-8-19-12)10-14-16-17-15(20-14)13-6-3-9-21-13/h1-6,9H,7-8,10H2. The quantitative estimate of drug-likeness (QED) is 0.743. The summed E-state index contributed by atoms with van der Waals surface area (Å²) in [5.41, 5.74) is 1.07. The van der Waals surface area contributed by atoms with Crippen LogP contribution in [-0.4, -0.2) is 23.3 Å². The zero-order valence-corrected chi connectivity index (χ0v) is 12.0. The van der Waals surface area contributed by atoms with Gasteiger partial charge in [0.15, 0.2) is 0 Å². The Morgan fingerprint density at radius 1 is 1.14 bits per heavy atom. The van der Waals surface area contributed by atoms with Gasteiger partial charge in [0, 0.05) is 0 Å². The van der Waals surface area contributed by atoms with Crippen molar-refractivity contribution in [3.63, 3.8) is 0 Å². The summed E-state index contributed by atoms with van der Waals surface area (Å²) in [6, 6.07) is 12.0. The van der Waals surface area contributed by atoms with Crippen molar-refractivity contribution in [1.82, 2.24) is 10.2 Å². The number of aromatic nitrogens is 2. The molecule has 106 valence electrons. The summed E-state index contributed by atoms with van der Waals surface area (Å²) in [6.45, 7) is 2.08. The third kappa shape index (κ3) is 2.38. The summed E-state index contributed by atoms with van der Waals surface area (Å²) in [4.78, 5) is 3.20. The first-order chi connectivity index (χ1) is 10.4. The smallest absolute Gasteiger partial charge is 0.257 e. The number of anilines is 1. The molecule has 0 fully saturated rings. The van der Waals surface area contributed by atoms with E-state index in [9.17, 15) is 0 Å². The first-order valence-electron chi connectivity index (χ1n) is 6.73. The second kappa shape index (κ2) is 5.21. The highest BCUT2D eigenvalue weighted by Crippen LogP contribution is 2.32. The Kier molecular flexibility index (Phi) is 3.08. The maximum atomic E-state index is 5.75. The lowest BCUT2D eigenvalue weighted by molar-refractivity contribution is 0.304. The van der Waals surface area contributed by atoms with Gasteiger partial charge >= 0.3 is 0 Å². The van der Waals surface area contributed by atoms with Gasteiger partial charge in [-0.25, -0.2) is 0 Å². The van der Waals surface area contributed by atoms with Crippen molar-refractivity contribution in [2.24, 2.45) is 0 Å². The molecular formula is C15H13N3O2S. The molecule has 0 bridgehead atoms. The summed E-state index contributed by atoms with van der Waals surface area (Å²) in [5, 5.41) is 10.3. The van der Waals surface area contributed by atoms with Gasteiger partial charge in [-0.05, 0) is 23.6 Å². The number of benzene rings is 1. The number of hydrogen-bond donors (Lipinski definition) is 0. The fourth-order valence-electron chi connectivity index (χ4n) is 2.37. The number of ether oxygens (including phenoxy) is 1. The molecule has 5 nitrogen and oxygen atoms in total. The van der Waals surface area contributed by atoms with Crippen molar-refractivity contribution in [2.45, 2.75) is 6.54 Å². The third-order valence-electron chi connectivity index (χ3n) is 3.35. The maximum Gasteiger partial charge on any atom is 0.257 e. The highest BCUT2D eigenvalue weighted by atomic mass is 32.1. The van der Waals surface area contributed by atoms with E-state index in [1.165, 1.54) is 0 Å². The van der Waals surface area contributed by atoms with Gasteiger partial charge in [-0.3, -0.25) is 0 Å². The molecule has 3 aromatic rings. The Morgan fingerprint density at radius 3 is 3.00 bits per heavy atom. The van der Waals surface area contributed by atoms with Crippen LogP contribution in [0.25, 0.3) is 10.8 Å². The van der Waals surface area contributed by atoms with Gasteiger partial charge in [-0.2, -0.15) is 0 Å². The molecule has 0 unspecified atom stereocenters. The Balaban J connectivity index is 1.57. The van der Waals surface area contributed by atoms with Crippen LogP contribution < -0.4 is 9.64 Å². The van der Waals surface area contributed by atoms with E-state index in [2.05, 4.69) is 15.1 Å². The van der Waals surface area contributed by atoms with Crippen molar-refractivity contribution in [2.75, 3.05) is 18.1 Å². The second-order valence-electron chi connectivity index (χ2n) is 4.72. The number of para-hydroxylation sites is 2. The first kappa shape index (κ1) is 12.4. The normalized spacial score (nSPS) is 13.8. The zero-order chi connectivity index (χ0) is 14.1. The minimum atomic E-state index is 0.585. The molecule has 1 aliphatic rings. The van der Waals surface area contributed by atoms with E-state index >= 15 is 0 Å². The van der Waals surface area contributed by atoms with Crippen molar-refractivity contribution in [1.29, 1.82) is 0 Å². The number of hydrogen-bond acceptors (Lipinski definition) is 6. The second-order valence-corrected chi connectivity index (χ2v) is 5.66. The van der Waals surface area contributed by atoms with E-state index in [1.54, 1.807) is 11.3 Å². The molecule has 1 aliphatic heterocycles. The monoisotopic (exact) mass is 299 g/mol. The van der Waals surface area contributed by atoms with E-state index in [4.69, 9.17) is 9.15 Å². The lowest BCUT2D eigenvalue weighted by atomic mass is 10.2. The predicted molar refractivity (Wildman–Crippen MR) is 80.6 cm³/mol. The summed E-state index contributed by atoms with van der Waals surface area (Å²) in [5.74, 6) is 2.11. The first-order valence-corrected chi connectivity index (χ1v) is 7.61. The van der Waals surface area contributed by atoms with E-state index in [1.807, 2.05) is 41.8 Å². The molecule has 0 saturated heterocycles. The van der Waals surface area contributed by atoms with Crippen LogP contribution in [-0.2, 0) is 6.54 Å². The Hall–Kier alpha value is -2.34. The molecule has 21 heavy (non-hydrogen) atoms. The van der Waals surface area contributed by atoms with Gasteiger partial charge in [0.05, 0.1) is 23.7 Å². The van der Waals surface area contributed by atoms with Crippen LogP contribution in [0.15, 0.2) is 46.2 Å². The number of nitrogens with zero attached hydrogens (tertiary/aromatic N) is 3. The summed E-state index contributed by atoms with van der Waals surface area (Å²) >= 11 is 1.59. The van der Waals surface area contributed by atoms with Crippen LogP contribution in [0.3, 0.4) is 0 Å². The van der Waals surface area contributed by atoms with Crippen LogP contribution in [0, 0.1) is 0 Å². The fourth-order valence-corrected chi connectivity index (χ4v) is 3.02. The molecule has 0 atom stereocenters. The average molecular weight is 299 g/mol. The van der Waals surface area contributed by atoms with Gasteiger partial charge in [-0.1, -0.05) is 18.2 Å². The molecule has 0 aliphatic carbocycles. The third-order valence-corrected chi connectivity index (χ3v) is 4.21. The molecule has 3 heterocycles. The van der Waals surface area contributed by atoms with Crippen molar-refractivity contribution in [3.05, 3.63) is 47.7 Å². The van der Waals surface area contributed by atoms with E-state index in [0.717, 1.165) is 22.9 Å². The Morgan fingerprint density at radius 2 is 2.10 bits per heavy atom. The number of thiophene rings is 1. The predicted octanol–water partition coefficient (Wildman–Crippen LogP) is 3.20. The Labute approximate surface area is 125 Å². The van der Waals surface area contributed by atoms with E-state index in [0.29, 0.717) is 24.9 Å². The van der Waals surface area contributed by atoms with Gasteiger partial charge in [0.25, 0.3) is 5.89 Å². The molecule has 0 N–H and O–H groups in total. The minimum absolute atomic E-state index is 0.585. The molecule has 1 aromatic carbocycles. The highest BCUT2D eigenvalue weighted by Gasteiger charge is 2.20. The van der Waals surface area contributed by atoms with Crippen LogP contribution >= 0.6 is 11.3 Å². The molecule has 4 rings (SSSR count). The Bertz CT molecular complexity index is 739. The van der Waals surface area contributed by atoms with Crippen molar-refractivity contribution < 1.29 is 9.15 Å². The van der Waals surface area contributed by atoms with Crippen molar-refractivity contribution >= 4 is 17.0 Å². The van der Waals surface area contributed by atoms with Crippen LogP contribution in [0.5, 0.6) is 5.75 Å². The average Bonchev–Trinajstić information content (AvgIpc) is 3.18. The van der Waals surface area contributed by atoms with Gasteiger partial charge in [0.2, 0.25) is 5.89 Å². The lowest BCUT2D eigenvalue weighted by Gasteiger charge is -2.29. The van der Waals surface area contributed by atoms with Crippen LogP contribution in [0.1, 0.15) is 5.89 Å². The number of rotatable bonds is 3. The molecular weight excluding hydrogens is 286 g/mol. The maximum absolute atomic E-state index is 5.75. The lowest BCUT2D eigenvalue weighted by Crippen LogP contribution is -2.32. The molecule has 2 aromatic heterocycles. The van der Waals surface area contributed by atoms with E-state index < -0.39 is 0 Å². The molecule has 0 amide bonds. The van der Waals surface area contributed by atoms with Crippen LogP contribution in [0.4, 0.5) is 5.69 Å².